The van der Waals surface area contributed by atoms with Crippen LogP contribution in [0, 0.1) is 5.92 Å². The third kappa shape index (κ3) is 0.313. The van der Waals surface area contributed by atoms with Crippen LogP contribution in [0.15, 0.2) is 11.8 Å². The van der Waals surface area contributed by atoms with E-state index in [0.717, 1.165) is 5.70 Å². The highest BCUT2D eigenvalue weighted by Crippen LogP contribution is 2.20. The molecule has 2 N–H and O–H groups in total. The minimum Gasteiger partial charge on any atom is -0.402 e. The first kappa shape index (κ1) is 3.72. The van der Waals surface area contributed by atoms with Crippen LogP contribution in [0.25, 0.3) is 0 Å². The van der Waals surface area contributed by atoms with Crippen molar-refractivity contribution in [3.63, 3.8) is 0 Å². The fourth-order valence-corrected chi connectivity index (χ4v) is 0.490. The van der Waals surface area contributed by atoms with Gasteiger partial charge in [0.05, 0.1) is 0 Å². The predicted octanol–water partition coefficient (Wildman–Crippen LogP) is 0.869. The predicted molar refractivity (Wildman–Crippen MR) is 26.1 cm³/mol. The second-order valence-electron chi connectivity index (χ2n) is 1.84. The molecule has 0 aromatic rings. The van der Waals surface area contributed by atoms with Gasteiger partial charge in [-0.3, -0.25) is 0 Å². The van der Waals surface area contributed by atoms with E-state index < -0.39 is 0 Å². The van der Waals surface area contributed by atoms with Gasteiger partial charge in [-0.2, -0.15) is 0 Å². The first-order valence-electron chi connectivity index (χ1n) is 2.26. The molecule has 1 unspecified atom stereocenters. The van der Waals surface area contributed by atoms with Crippen LogP contribution in [0.1, 0.15) is 13.3 Å². The van der Waals surface area contributed by atoms with Gasteiger partial charge in [-0.25, -0.2) is 0 Å². The molecule has 1 aliphatic rings. The van der Waals surface area contributed by atoms with Crippen LogP contribution in [0.3, 0.4) is 0 Å². The zero-order valence-corrected chi connectivity index (χ0v) is 3.94. The Balaban J connectivity index is 2.51. The monoisotopic (exact) mass is 83.1 g/mol. The van der Waals surface area contributed by atoms with Crippen LogP contribution in [0.5, 0.6) is 0 Å². The van der Waals surface area contributed by atoms with E-state index in [1.54, 1.807) is 0 Å². The maximum absolute atomic E-state index is 5.38. The standard InChI is InChI=1S/C5H9N/c1-4-2-3-5(4)6/h3-4H,2,6H2,1H3. The van der Waals surface area contributed by atoms with E-state index in [4.69, 9.17) is 5.73 Å². The summed E-state index contributed by atoms with van der Waals surface area (Å²) in [6, 6.07) is 0. The number of rotatable bonds is 0. The third-order valence-corrected chi connectivity index (χ3v) is 1.28. The molecular formula is C5H9N. The van der Waals surface area contributed by atoms with Crippen molar-refractivity contribution in [1.29, 1.82) is 0 Å². The average Bonchev–Trinajstić information content (AvgIpc) is 1.61. The first-order valence-corrected chi connectivity index (χ1v) is 2.26. The van der Waals surface area contributed by atoms with E-state index >= 15 is 0 Å². The number of hydrogen-bond donors (Lipinski definition) is 1. The van der Waals surface area contributed by atoms with Crippen molar-refractivity contribution in [3.8, 4) is 0 Å². The number of hydrogen-bond acceptors (Lipinski definition) is 1. The van der Waals surface area contributed by atoms with Crippen LogP contribution in [0.2, 0.25) is 0 Å². The minimum absolute atomic E-state index is 0.671. The molecule has 0 aromatic heterocycles. The zero-order valence-electron chi connectivity index (χ0n) is 3.94. The highest BCUT2D eigenvalue weighted by molar-refractivity contribution is 5.11. The summed E-state index contributed by atoms with van der Waals surface area (Å²) in [6.45, 7) is 2.13. The van der Waals surface area contributed by atoms with Crippen LogP contribution in [-0.2, 0) is 0 Å². The van der Waals surface area contributed by atoms with Crippen LogP contribution in [0.4, 0.5) is 0 Å². The second kappa shape index (κ2) is 1.00. The molecule has 0 fully saturated rings. The minimum atomic E-state index is 0.671. The lowest BCUT2D eigenvalue weighted by molar-refractivity contribution is 0.614. The molecule has 1 atom stereocenters. The molecule has 0 aliphatic heterocycles. The van der Waals surface area contributed by atoms with Crippen molar-refractivity contribution >= 4 is 0 Å². The van der Waals surface area contributed by atoms with Crippen LogP contribution < -0.4 is 5.73 Å². The number of allylic oxidation sites excluding steroid dienone is 2. The molecule has 6 heavy (non-hydrogen) atoms. The molecule has 0 spiro atoms. The van der Waals surface area contributed by atoms with Gasteiger partial charge < -0.3 is 5.73 Å². The molecule has 0 amide bonds. The van der Waals surface area contributed by atoms with Gasteiger partial charge >= 0.3 is 0 Å². The SMILES string of the molecule is CC1CC=C1N. The van der Waals surface area contributed by atoms with Gasteiger partial charge in [0, 0.05) is 5.70 Å². The lowest BCUT2D eigenvalue weighted by Gasteiger charge is -2.17. The summed E-state index contributed by atoms with van der Waals surface area (Å²) >= 11 is 0. The summed E-state index contributed by atoms with van der Waals surface area (Å²) in [7, 11) is 0. The van der Waals surface area contributed by atoms with Crippen molar-refractivity contribution in [2.75, 3.05) is 0 Å². The Kier molecular flexibility index (Phi) is 0.621. The Morgan fingerprint density at radius 2 is 2.50 bits per heavy atom. The lowest BCUT2D eigenvalue weighted by atomic mass is 9.93. The zero-order chi connectivity index (χ0) is 4.57. The third-order valence-electron chi connectivity index (χ3n) is 1.28. The van der Waals surface area contributed by atoms with Gasteiger partial charge in [0.2, 0.25) is 0 Å². The molecule has 1 heteroatoms. The maximum Gasteiger partial charge on any atom is 0.00720 e. The van der Waals surface area contributed by atoms with Crippen molar-refractivity contribution in [2.24, 2.45) is 11.7 Å². The van der Waals surface area contributed by atoms with Gasteiger partial charge in [0.1, 0.15) is 0 Å². The van der Waals surface area contributed by atoms with E-state index in [2.05, 4.69) is 13.0 Å². The summed E-state index contributed by atoms with van der Waals surface area (Å²) in [6.07, 6.45) is 3.25. The average molecular weight is 83.1 g/mol. The molecule has 0 bridgehead atoms. The molecule has 0 heterocycles. The maximum atomic E-state index is 5.38. The van der Waals surface area contributed by atoms with Crippen molar-refractivity contribution in [1.82, 2.24) is 0 Å². The van der Waals surface area contributed by atoms with Gasteiger partial charge in [-0.05, 0) is 12.3 Å². The molecule has 0 saturated carbocycles. The van der Waals surface area contributed by atoms with Crippen LogP contribution in [-0.4, -0.2) is 0 Å². The van der Waals surface area contributed by atoms with E-state index in [-0.39, 0.29) is 0 Å². The lowest BCUT2D eigenvalue weighted by Crippen LogP contribution is -2.15. The van der Waals surface area contributed by atoms with E-state index in [1.165, 1.54) is 6.42 Å². The normalized spacial score (nSPS) is 31.5. The highest BCUT2D eigenvalue weighted by atomic mass is 14.6. The largest absolute Gasteiger partial charge is 0.402 e. The Morgan fingerprint density at radius 3 is 2.50 bits per heavy atom. The Hall–Kier alpha value is -0.460. The Morgan fingerprint density at radius 1 is 2.00 bits per heavy atom. The molecule has 34 valence electrons. The van der Waals surface area contributed by atoms with Gasteiger partial charge in [0.25, 0.3) is 0 Å². The fourth-order valence-electron chi connectivity index (χ4n) is 0.490. The summed E-state index contributed by atoms with van der Waals surface area (Å²) in [4.78, 5) is 0. The topological polar surface area (TPSA) is 26.0 Å². The van der Waals surface area contributed by atoms with Crippen molar-refractivity contribution < 1.29 is 0 Å². The van der Waals surface area contributed by atoms with Gasteiger partial charge in [-0.1, -0.05) is 13.0 Å². The summed E-state index contributed by atoms with van der Waals surface area (Å²) < 4.78 is 0. The molecule has 0 radical (unpaired) electrons. The van der Waals surface area contributed by atoms with Crippen LogP contribution >= 0.6 is 0 Å². The quantitative estimate of drug-likeness (QED) is 0.462. The summed E-state index contributed by atoms with van der Waals surface area (Å²) in [5.74, 6) is 0.671. The first-order chi connectivity index (χ1) is 2.80. The van der Waals surface area contributed by atoms with Gasteiger partial charge in [0.15, 0.2) is 0 Å². The molecule has 1 rings (SSSR count). The Labute approximate surface area is 37.8 Å². The molecule has 1 aliphatic carbocycles. The summed E-state index contributed by atoms with van der Waals surface area (Å²) in [5, 5.41) is 0. The van der Waals surface area contributed by atoms with Crippen molar-refractivity contribution in [3.05, 3.63) is 11.8 Å². The van der Waals surface area contributed by atoms with E-state index in [9.17, 15) is 0 Å². The fraction of sp³-hybridized carbons (Fsp3) is 0.600. The Bertz CT molecular complexity index is 83.9. The molecular weight excluding hydrogens is 74.1 g/mol. The van der Waals surface area contributed by atoms with Gasteiger partial charge in [-0.15, -0.1) is 0 Å². The van der Waals surface area contributed by atoms with E-state index in [0.29, 0.717) is 5.92 Å². The molecule has 0 aromatic carbocycles. The van der Waals surface area contributed by atoms with Crippen molar-refractivity contribution in [2.45, 2.75) is 13.3 Å². The van der Waals surface area contributed by atoms with E-state index in [1.807, 2.05) is 0 Å². The smallest absolute Gasteiger partial charge is 0.00720 e. The summed E-state index contributed by atoms with van der Waals surface area (Å²) in [5.41, 5.74) is 6.45. The number of nitrogens with two attached hydrogens (primary N) is 1. The molecule has 1 nitrogen and oxygen atoms in total. The highest BCUT2D eigenvalue weighted by Gasteiger charge is 2.10. The molecule has 0 saturated heterocycles. The second-order valence-corrected chi connectivity index (χ2v) is 1.84.